The number of para-hydroxylation sites is 1. The van der Waals surface area contributed by atoms with E-state index in [9.17, 15) is 0 Å². The Hall–Kier alpha value is -2.80. The van der Waals surface area contributed by atoms with Crippen LogP contribution in [0.4, 0.5) is 5.82 Å². The van der Waals surface area contributed by atoms with E-state index >= 15 is 0 Å². The van der Waals surface area contributed by atoms with Crippen LogP contribution in [0.3, 0.4) is 0 Å². The fourth-order valence-electron chi connectivity index (χ4n) is 4.18. The lowest BCUT2D eigenvalue weighted by molar-refractivity contribution is 0.226. The van der Waals surface area contributed by atoms with Crippen LogP contribution in [0.2, 0.25) is 0 Å². The van der Waals surface area contributed by atoms with E-state index in [4.69, 9.17) is 8.94 Å². The van der Waals surface area contributed by atoms with Gasteiger partial charge in [-0.2, -0.15) is 0 Å². The molecule has 7 nitrogen and oxygen atoms in total. The first-order chi connectivity index (χ1) is 13.7. The molecule has 2 aromatic heterocycles. The van der Waals surface area contributed by atoms with Gasteiger partial charge in [0.1, 0.15) is 0 Å². The fourth-order valence-corrected chi connectivity index (χ4v) is 4.18. The minimum Gasteiger partial charge on any atom is -0.439 e. The summed E-state index contributed by atoms with van der Waals surface area (Å²) in [5.41, 5.74) is 2.87. The van der Waals surface area contributed by atoms with Gasteiger partial charge in [0.2, 0.25) is 0 Å². The third kappa shape index (κ3) is 3.05. The van der Waals surface area contributed by atoms with Crippen molar-refractivity contribution in [3.8, 4) is 0 Å². The van der Waals surface area contributed by atoms with Gasteiger partial charge in [-0.15, -0.1) is 0 Å². The van der Waals surface area contributed by atoms with Crippen LogP contribution in [-0.4, -0.2) is 65.8 Å². The molecule has 0 radical (unpaired) electrons. The van der Waals surface area contributed by atoms with Crippen molar-refractivity contribution in [2.24, 2.45) is 0 Å². The summed E-state index contributed by atoms with van der Waals surface area (Å²) in [5.74, 6) is 2.56. The SMILES string of the molecule is C=C1c2oc(C)nc2CCN1CCN1CCN(c2noc3ccccc23)CC1. The zero-order valence-corrected chi connectivity index (χ0v) is 16.2. The van der Waals surface area contributed by atoms with E-state index in [0.29, 0.717) is 0 Å². The second-order valence-electron chi connectivity index (χ2n) is 7.52. The van der Waals surface area contributed by atoms with Gasteiger partial charge in [-0.05, 0) is 12.1 Å². The molecule has 0 N–H and O–H groups in total. The molecule has 0 amide bonds. The van der Waals surface area contributed by atoms with Crippen molar-refractivity contribution < 1.29 is 8.94 Å². The van der Waals surface area contributed by atoms with Crippen molar-refractivity contribution in [3.63, 3.8) is 0 Å². The molecule has 1 aromatic carbocycles. The molecule has 2 aliphatic rings. The number of fused-ring (bicyclic) bond motifs is 2. The highest BCUT2D eigenvalue weighted by Crippen LogP contribution is 2.28. The second kappa shape index (κ2) is 6.98. The number of nitrogens with zero attached hydrogens (tertiary/aromatic N) is 5. The molecule has 0 unspecified atom stereocenters. The minimum atomic E-state index is 0.726. The number of piperazine rings is 1. The van der Waals surface area contributed by atoms with Crippen molar-refractivity contribution in [2.75, 3.05) is 50.7 Å². The molecule has 7 heteroatoms. The summed E-state index contributed by atoms with van der Waals surface area (Å²) in [7, 11) is 0. The average molecular weight is 379 g/mol. The van der Waals surface area contributed by atoms with Crippen molar-refractivity contribution in [1.82, 2.24) is 19.9 Å². The molecule has 5 rings (SSSR count). The lowest BCUT2D eigenvalue weighted by Gasteiger charge is -2.37. The Kier molecular flexibility index (Phi) is 4.31. The Bertz CT molecular complexity index is 999. The molecule has 28 heavy (non-hydrogen) atoms. The van der Waals surface area contributed by atoms with Crippen LogP contribution < -0.4 is 4.90 Å². The van der Waals surface area contributed by atoms with Crippen LogP contribution in [0.25, 0.3) is 16.7 Å². The lowest BCUT2D eigenvalue weighted by atomic mass is 10.1. The van der Waals surface area contributed by atoms with Crippen LogP contribution in [0, 0.1) is 6.92 Å². The zero-order valence-electron chi connectivity index (χ0n) is 16.2. The van der Waals surface area contributed by atoms with Gasteiger partial charge < -0.3 is 18.7 Å². The molecule has 0 aliphatic carbocycles. The van der Waals surface area contributed by atoms with Gasteiger partial charge in [-0.25, -0.2) is 4.98 Å². The maximum atomic E-state index is 5.74. The molecule has 4 heterocycles. The van der Waals surface area contributed by atoms with Crippen molar-refractivity contribution >= 4 is 22.5 Å². The van der Waals surface area contributed by atoms with Gasteiger partial charge in [0.15, 0.2) is 23.1 Å². The van der Waals surface area contributed by atoms with E-state index in [1.165, 1.54) is 0 Å². The summed E-state index contributed by atoms with van der Waals surface area (Å²) in [6.45, 7) is 13.0. The predicted octanol–water partition coefficient (Wildman–Crippen LogP) is 2.78. The number of hydrogen-bond donors (Lipinski definition) is 0. The van der Waals surface area contributed by atoms with Crippen LogP contribution >= 0.6 is 0 Å². The Morgan fingerprint density at radius 3 is 2.75 bits per heavy atom. The summed E-state index contributed by atoms with van der Waals surface area (Å²) >= 11 is 0. The molecule has 0 saturated carbocycles. The number of aryl methyl sites for hydroxylation is 1. The third-order valence-electron chi connectivity index (χ3n) is 5.78. The maximum absolute atomic E-state index is 5.74. The summed E-state index contributed by atoms with van der Waals surface area (Å²) in [5, 5.41) is 5.39. The topological polar surface area (TPSA) is 61.8 Å². The summed E-state index contributed by atoms with van der Waals surface area (Å²) in [6, 6.07) is 8.06. The first-order valence-corrected chi connectivity index (χ1v) is 9.91. The Morgan fingerprint density at radius 1 is 1.07 bits per heavy atom. The molecule has 2 aliphatic heterocycles. The minimum absolute atomic E-state index is 0.726. The van der Waals surface area contributed by atoms with Crippen LogP contribution in [0.15, 0.2) is 39.8 Å². The molecular formula is C21H25N5O2. The Labute approximate surface area is 164 Å². The lowest BCUT2D eigenvalue weighted by Crippen LogP contribution is -2.48. The molecule has 3 aromatic rings. The van der Waals surface area contributed by atoms with E-state index < -0.39 is 0 Å². The fraction of sp³-hybridized carbons (Fsp3) is 0.429. The van der Waals surface area contributed by atoms with E-state index in [1.807, 2.05) is 25.1 Å². The zero-order chi connectivity index (χ0) is 19.1. The monoisotopic (exact) mass is 379 g/mol. The molecule has 1 saturated heterocycles. The van der Waals surface area contributed by atoms with Crippen LogP contribution in [-0.2, 0) is 6.42 Å². The van der Waals surface area contributed by atoms with Gasteiger partial charge in [0.05, 0.1) is 16.8 Å². The van der Waals surface area contributed by atoms with E-state index in [1.54, 1.807) is 0 Å². The summed E-state index contributed by atoms with van der Waals surface area (Å²) < 4.78 is 11.2. The highest BCUT2D eigenvalue weighted by atomic mass is 16.5. The number of anilines is 1. The van der Waals surface area contributed by atoms with Gasteiger partial charge in [-0.3, -0.25) is 4.90 Å². The van der Waals surface area contributed by atoms with Gasteiger partial charge in [-0.1, -0.05) is 23.9 Å². The van der Waals surface area contributed by atoms with Crippen LogP contribution in [0.5, 0.6) is 0 Å². The molecule has 0 atom stereocenters. The molecule has 1 fully saturated rings. The Morgan fingerprint density at radius 2 is 1.89 bits per heavy atom. The van der Waals surface area contributed by atoms with Gasteiger partial charge >= 0.3 is 0 Å². The van der Waals surface area contributed by atoms with Crippen LogP contribution in [0.1, 0.15) is 17.3 Å². The number of aromatic nitrogens is 2. The first-order valence-electron chi connectivity index (χ1n) is 9.91. The molecule has 146 valence electrons. The maximum Gasteiger partial charge on any atom is 0.192 e. The average Bonchev–Trinajstić information content (AvgIpc) is 3.31. The smallest absolute Gasteiger partial charge is 0.192 e. The Balaban J connectivity index is 1.17. The van der Waals surface area contributed by atoms with Crippen molar-refractivity contribution in [3.05, 3.63) is 48.2 Å². The van der Waals surface area contributed by atoms with E-state index in [-0.39, 0.29) is 0 Å². The van der Waals surface area contributed by atoms with E-state index in [2.05, 4.69) is 37.5 Å². The third-order valence-corrected chi connectivity index (χ3v) is 5.78. The normalized spacial score (nSPS) is 18.1. The predicted molar refractivity (Wildman–Crippen MR) is 108 cm³/mol. The number of oxazole rings is 1. The molecule has 0 bridgehead atoms. The van der Waals surface area contributed by atoms with Crippen molar-refractivity contribution in [1.29, 1.82) is 0 Å². The molecular weight excluding hydrogens is 354 g/mol. The van der Waals surface area contributed by atoms with Gasteiger partial charge in [0, 0.05) is 59.2 Å². The largest absolute Gasteiger partial charge is 0.439 e. The quantitative estimate of drug-likeness (QED) is 0.691. The summed E-state index contributed by atoms with van der Waals surface area (Å²) in [4.78, 5) is 11.6. The highest BCUT2D eigenvalue weighted by molar-refractivity contribution is 5.88. The first kappa shape index (κ1) is 17.3. The van der Waals surface area contributed by atoms with Gasteiger partial charge in [0.25, 0.3) is 0 Å². The molecule has 0 spiro atoms. The standard InChI is InChI=1S/C21H25N5O2/c1-15-20-18(22-16(2)27-20)7-8-25(15)12-9-24-10-13-26(14-11-24)21-17-5-3-4-6-19(17)28-23-21/h3-6H,1,7-14H2,2H3. The van der Waals surface area contributed by atoms with E-state index in [0.717, 1.165) is 92.1 Å². The number of rotatable bonds is 4. The second-order valence-corrected chi connectivity index (χ2v) is 7.52. The summed E-state index contributed by atoms with van der Waals surface area (Å²) in [6.07, 6.45) is 0.929. The number of hydrogen-bond acceptors (Lipinski definition) is 7. The number of benzene rings is 1. The highest BCUT2D eigenvalue weighted by Gasteiger charge is 2.26. The van der Waals surface area contributed by atoms with Crippen molar-refractivity contribution in [2.45, 2.75) is 13.3 Å².